The molecule has 0 unspecified atom stereocenters. The van der Waals surface area contributed by atoms with Gasteiger partial charge in [0.15, 0.2) is 5.82 Å². The van der Waals surface area contributed by atoms with E-state index in [4.69, 9.17) is 0 Å². The van der Waals surface area contributed by atoms with Crippen LogP contribution in [0.5, 0.6) is 0 Å². The van der Waals surface area contributed by atoms with E-state index in [2.05, 4.69) is 46.8 Å². The number of nitrogens with one attached hydrogen (secondary N) is 1. The Morgan fingerprint density at radius 1 is 1.30 bits per heavy atom. The van der Waals surface area contributed by atoms with E-state index in [1.54, 1.807) is 16.4 Å². The molecule has 0 aliphatic carbocycles. The van der Waals surface area contributed by atoms with Crippen LogP contribution in [-0.4, -0.2) is 37.9 Å². The topological polar surface area (TPSA) is 72.7 Å². The summed E-state index contributed by atoms with van der Waals surface area (Å²) in [4.78, 5) is 12.0. The number of carbonyl (C=O) groups is 1. The average Bonchev–Trinajstić information content (AvgIpc) is 2.88. The van der Waals surface area contributed by atoms with Crippen LogP contribution in [0.3, 0.4) is 0 Å². The first-order valence-corrected chi connectivity index (χ1v) is 8.95. The Bertz CT molecular complexity index is 679. The summed E-state index contributed by atoms with van der Waals surface area (Å²) in [7, 11) is 0. The van der Waals surface area contributed by atoms with Crippen LogP contribution < -0.4 is 5.32 Å². The highest BCUT2D eigenvalue weighted by Gasteiger charge is 2.22. The molecule has 1 aliphatic heterocycles. The van der Waals surface area contributed by atoms with Gasteiger partial charge in [-0.05, 0) is 48.2 Å². The first-order chi connectivity index (χ1) is 11.2. The molecular formula is C16H21N5OS. The van der Waals surface area contributed by atoms with Gasteiger partial charge in [-0.2, -0.15) is 4.68 Å². The second-order valence-corrected chi connectivity index (χ2v) is 7.02. The summed E-state index contributed by atoms with van der Waals surface area (Å²) in [6.07, 6.45) is 3.06. The maximum absolute atomic E-state index is 12.0. The zero-order valence-electron chi connectivity index (χ0n) is 13.5. The summed E-state index contributed by atoms with van der Waals surface area (Å²) in [5, 5.41) is 15.1. The molecule has 0 bridgehead atoms. The fourth-order valence-corrected chi connectivity index (χ4v) is 3.95. The van der Waals surface area contributed by atoms with Gasteiger partial charge in [-0.3, -0.25) is 4.79 Å². The normalized spacial score (nSPS) is 18.5. The van der Waals surface area contributed by atoms with Crippen molar-refractivity contribution in [2.75, 3.05) is 6.54 Å². The van der Waals surface area contributed by atoms with Gasteiger partial charge in [-0.15, -0.1) is 16.9 Å². The van der Waals surface area contributed by atoms with Crippen LogP contribution in [0.15, 0.2) is 18.2 Å². The van der Waals surface area contributed by atoms with E-state index in [9.17, 15) is 4.79 Å². The zero-order chi connectivity index (χ0) is 16.2. The van der Waals surface area contributed by atoms with Gasteiger partial charge in [0.25, 0.3) is 0 Å². The van der Waals surface area contributed by atoms with Crippen LogP contribution >= 0.6 is 11.8 Å². The lowest BCUT2D eigenvalue weighted by molar-refractivity contribution is -0.120. The van der Waals surface area contributed by atoms with Crippen LogP contribution in [0.25, 0.3) is 5.69 Å². The van der Waals surface area contributed by atoms with Crippen LogP contribution in [0.1, 0.15) is 36.2 Å². The predicted molar refractivity (Wildman–Crippen MR) is 90.6 cm³/mol. The van der Waals surface area contributed by atoms with Crippen molar-refractivity contribution in [2.45, 2.75) is 44.1 Å². The molecule has 1 atom stereocenters. The first kappa shape index (κ1) is 16.0. The Hall–Kier alpha value is -1.89. The molecule has 1 aromatic carbocycles. The maximum atomic E-state index is 12.0. The summed E-state index contributed by atoms with van der Waals surface area (Å²) in [6.45, 7) is 4.90. The largest absolute Gasteiger partial charge is 0.355 e. The third kappa shape index (κ3) is 3.55. The van der Waals surface area contributed by atoms with E-state index in [1.807, 2.05) is 6.07 Å². The number of para-hydroxylation sites is 1. The summed E-state index contributed by atoms with van der Waals surface area (Å²) >= 11 is 1.62. The molecule has 0 spiro atoms. The number of benzene rings is 1. The van der Waals surface area contributed by atoms with Gasteiger partial charge in [0.05, 0.1) is 16.7 Å². The molecule has 0 radical (unpaired) electrons. The molecule has 2 heterocycles. The number of hydrogen-bond donors (Lipinski definition) is 1. The minimum Gasteiger partial charge on any atom is -0.355 e. The lowest BCUT2D eigenvalue weighted by Gasteiger charge is -2.14. The number of hydrogen-bond acceptors (Lipinski definition) is 5. The second kappa shape index (κ2) is 7.12. The molecule has 23 heavy (non-hydrogen) atoms. The summed E-state index contributed by atoms with van der Waals surface area (Å²) < 4.78 is 1.80. The molecule has 1 saturated heterocycles. The van der Waals surface area contributed by atoms with Gasteiger partial charge >= 0.3 is 0 Å². The molecule has 1 amide bonds. The number of amides is 1. The van der Waals surface area contributed by atoms with Crippen LogP contribution in [0, 0.1) is 13.8 Å². The SMILES string of the molecule is Cc1cccc(C)c1-n1nnnc1CS[C@H]1CCCCNC1=O. The van der Waals surface area contributed by atoms with Gasteiger partial charge in [0, 0.05) is 6.54 Å². The molecule has 3 rings (SSSR count). The summed E-state index contributed by atoms with van der Waals surface area (Å²) in [6, 6.07) is 6.14. The van der Waals surface area contributed by atoms with Gasteiger partial charge in [0.1, 0.15) is 0 Å². The highest BCUT2D eigenvalue weighted by Crippen LogP contribution is 2.25. The molecule has 1 fully saturated rings. The first-order valence-electron chi connectivity index (χ1n) is 7.90. The predicted octanol–water partition coefficient (Wildman–Crippen LogP) is 2.18. The molecule has 122 valence electrons. The Labute approximate surface area is 140 Å². The van der Waals surface area contributed by atoms with Gasteiger partial charge in [0.2, 0.25) is 5.91 Å². The molecule has 6 nitrogen and oxygen atoms in total. The van der Waals surface area contributed by atoms with Crippen molar-refractivity contribution in [3.63, 3.8) is 0 Å². The van der Waals surface area contributed by atoms with E-state index in [0.29, 0.717) is 5.75 Å². The number of rotatable bonds is 4. The van der Waals surface area contributed by atoms with Crippen molar-refractivity contribution in [3.8, 4) is 5.69 Å². The number of nitrogens with zero attached hydrogens (tertiary/aromatic N) is 4. The molecule has 2 aromatic rings. The Balaban J connectivity index is 1.78. The Kier molecular flexibility index (Phi) is 4.95. The third-order valence-corrected chi connectivity index (χ3v) is 5.36. The van der Waals surface area contributed by atoms with E-state index < -0.39 is 0 Å². The minimum atomic E-state index is -0.0133. The third-order valence-electron chi connectivity index (χ3n) is 4.08. The van der Waals surface area contributed by atoms with E-state index >= 15 is 0 Å². The van der Waals surface area contributed by atoms with E-state index in [0.717, 1.165) is 48.4 Å². The van der Waals surface area contributed by atoms with Crippen molar-refractivity contribution in [2.24, 2.45) is 0 Å². The number of tetrazole rings is 1. The smallest absolute Gasteiger partial charge is 0.233 e. The van der Waals surface area contributed by atoms with E-state index in [-0.39, 0.29) is 11.2 Å². The lowest BCUT2D eigenvalue weighted by Crippen LogP contribution is -2.30. The van der Waals surface area contributed by atoms with Crippen molar-refractivity contribution >= 4 is 17.7 Å². The van der Waals surface area contributed by atoms with E-state index in [1.165, 1.54) is 0 Å². The minimum absolute atomic E-state index is 0.0133. The van der Waals surface area contributed by atoms with Crippen LogP contribution in [-0.2, 0) is 10.5 Å². The monoisotopic (exact) mass is 331 g/mol. The molecule has 7 heteroatoms. The quantitative estimate of drug-likeness (QED) is 0.929. The summed E-state index contributed by atoms with van der Waals surface area (Å²) in [5.41, 5.74) is 3.30. The van der Waals surface area contributed by atoms with Crippen molar-refractivity contribution < 1.29 is 4.79 Å². The Morgan fingerprint density at radius 2 is 2.09 bits per heavy atom. The second-order valence-electron chi connectivity index (χ2n) is 5.83. The summed E-state index contributed by atoms with van der Waals surface area (Å²) in [5.74, 6) is 1.54. The highest BCUT2D eigenvalue weighted by atomic mass is 32.2. The fraction of sp³-hybridized carbons (Fsp3) is 0.500. The number of aryl methyl sites for hydroxylation is 2. The van der Waals surface area contributed by atoms with Crippen molar-refractivity contribution in [1.82, 2.24) is 25.5 Å². The average molecular weight is 331 g/mol. The fourth-order valence-electron chi connectivity index (χ4n) is 2.85. The molecule has 0 saturated carbocycles. The lowest BCUT2D eigenvalue weighted by atomic mass is 10.1. The standard InChI is InChI=1S/C16H21N5OS/c1-11-6-5-7-12(2)15(11)21-14(18-19-20-21)10-23-13-8-3-4-9-17-16(13)22/h5-7,13H,3-4,8-10H2,1-2H3,(H,17,22)/t13-/m0/s1. The van der Waals surface area contributed by atoms with Gasteiger partial charge < -0.3 is 5.32 Å². The van der Waals surface area contributed by atoms with Gasteiger partial charge in [-0.1, -0.05) is 24.6 Å². The number of carbonyl (C=O) groups excluding carboxylic acids is 1. The Morgan fingerprint density at radius 3 is 2.87 bits per heavy atom. The van der Waals surface area contributed by atoms with Crippen LogP contribution in [0.2, 0.25) is 0 Å². The zero-order valence-corrected chi connectivity index (χ0v) is 14.3. The maximum Gasteiger partial charge on any atom is 0.233 e. The van der Waals surface area contributed by atoms with Crippen molar-refractivity contribution in [1.29, 1.82) is 0 Å². The van der Waals surface area contributed by atoms with Gasteiger partial charge in [-0.25, -0.2) is 0 Å². The number of aromatic nitrogens is 4. The molecule has 1 aromatic heterocycles. The molecular weight excluding hydrogens is 310 g/mol. The highest BCUT2D eigenvalue weighted by molar-refractivity contribution is 7.99. The number of thioether (sulfide) groups is 1. The van der Waals surface area contributed by atoms with Crippen molar-refractivity contribution in [3.05, 3.63) is 35.2 Å². The van der Waals surface area contributed by atoms with Crippen LogP contribution in [0.4, 0.5) is 0 Å². The molecule has 1 N–H and O–H groups in total. The molecule has 1 aliphatic rings.